The van der Waals surface area contributed by atoms with E-state index in [0.717, 1.165) is 5.39 Å². The standard InChI is InChI=1S/C26H23NO6/c1-15-19-14-17(27-26(29)23-21(31-3)6-5-7-22(23)32-4)10-13-20(19)33-25(15)24(28)16-8-11-18(30-2)12-9-16/h5-14H,1-4H3,(H,27,29). The van der Waals surface area contributed by atoms with Crippen LogP contribution in [-0.4, -0.2) is 33.0 Å². The molecule has 7 nitrogen and oxygen atoms in total. The fourth-order valence-electron chi connectivity index (χ4n) is 3.66. The highest BCUT2D eigenvalue weighted by Gasteiger charge is 2.21. The van der Waals surface area contributed by atoms with Gasteiger partial charge < -0.3 is 23.9 Å². The highest BCUT2D eigenvalue weighted by atomic mass is 16.5. The van der Waals surface area contributed by atoms with Crippen LogP contribution in [0.3, 0.4) is 0 Å². The first kappa shape index (κ1) is 22.0. The molecule has 168 valence electrons. The number of ketones is 1. The summed E-state index contributed by atoms with van der Waals surface area (Å²) in [6.07, 6.45) is 0. The number of benzene rings is 3. The van der Waals surface area contributed by atoms with Crippen LogP contribution in [0, 0.1) is 6.92 Å². The van der Waals surface area contributed by atoms with Gasteiger partial charge in [0.25, 0.3) is 5.91 Å². The van der Waals surface area contributed by atoms with E-state index >= 15 is 0 Å². The topological polar surface area (TPSA) is 87.0 Å². The van der Waals surface area contributed by atoms with Gasteiger partial charge in [-0.15, -0.1) is 0 Å². The minimum absolute atomic E-state index is 0.226. The molecule has 0 fully saturated rings. The van der Waals surface area contributed by atoms with Crippen LogP contribution in [0.2, 0.25) is 0 Å². The van der Waals surface area contributed by atoms with Gasteiger partial charge in [0.15, 0.2) is 5.76 Å². The van der Waals surface area contributed by atoms with Crippen LogP contribution in [-0.2, 0) is 0 Å². The summed E-state index contributed by atoms with van der Waals surface area (Å²) in [7, 11) is 4.56. The minimum atomic E-state index is -0.376. The fraction of sp³-hybridized carbons (Fsp3) is 0.154. The van der Waals surface area contributed by atoms with Crippen LogP contribution in [0.15, 0.2) is 65.1 Å². The van der Waals surface area contributed by atoms with Gasteiger partial charge in [-0.25, -0.2) is 0 Å². The molecule has 0 spiro atoms. The van der Waals surface area contributed by atoms with Gasteiger partial charge >= 0.3 is 0 Å². The lowest BCUT2D eigenvalue weighted by Gasteiger charge is -2.13. The molecular weight excluding hydrogens is 422 g/mol. The molecule has 3 aromatic carbocycles. The van der Waals surface area contributed by atoms with Crippen molar-refractivity contribution in [2.24, 2.45) is 0 Å². The molecule has 0 aliphatic rings. The number of carbonyl (C=O) groups is 2. The number of amides is 1. The van der Waals surface area contributed by atoms with E-state index in [-0.39, 0.29) is 17.5 Å². The lowest BCUT2D eigenvalue weighted by Crippen LogP contribution is -2.14. The Labute approximate surface area is 190 Å². The van der Waals surface area contributed by atoms with Gasteiger partial charge in [0.1, 0.15) is 28.4 Å². The van der Waals surface area contributed by atoms with E-state index in [4.69, 9.17) is 18.6 Å². The zero-order valence-electron chi connectivity index (χ0n) is 18.7. The molecule has 0 aliphatic carbocycles. The third kappa shape index (κ3) is 4.13. The number of hydrogen-bond donors (Lipinski definition) is 1. The average Bonchev–Trinajstić information content (AvgIpc) is 3.18. The van der Waals surface area contributed by atoms with Gasteiger partial charge in [-0.1, -0.05) is 6.07 Å². The molecule has 1 N–H and O–H groups in total. The summed E-state index contributed by atoms with van der Waals surface area (Å²) in [5.74, 6) is 1.12. The van der Waals surface area contributed by atoms with Crippen molar-refractivity contribution in [2.75, 3.05) is 26.6 Å². The van der Waals surface area contributed by atoms with Crippen LogP contribution in [0.1, 0.15) is 32.0 Å². The molecule has 0 unspecified atom stereocenters. The quantitative estimate of drug-likeness (QED) is 0.391. The Morgan fingerprint density at radius 1 is 0.848 bits per heavy atom. The number of aryl methyl sites for hydroxylation is 1. The molecule has 0 bridgehead atoms. The summed E-state index contributed by atoms with van der Waals surface area (Å²) in [5.41, 5.74) is 2.58. The first-order valence-corrected chi connectivity index (χ1v) is 10.2. The number of carbonyl (C=O) groups excluding carboxylic acids is 2. The third-order valence-electron chi connectivity index (χ3n) is 5.41. The molecule has 33 heavy (non-hydrogen) atoms. The Hall–Kier alpha value is -4.26. The molecule has 7 heteroatoms. The number of furan rings is 1. The first-order chi connectivity index (χ1) is 16.0. The Bertz CT molecular complexity index is 1310. The monoisotopic (exact) mass is 445 g/mol. The Morgan fingerprint density at radius 3 is 2.12 bits per heavy atom. The Kier molecular flexibility index (Phi) is 6.04. The normalized spacial score (nSPS) is 10.7. The number of rotatable bonds is 7. The van der Waals surface area contributed by atoms with Crippen LogP contribution >= 0.6 is 0 Å². The van der Waals surface area contributed by atoms with E-state index in [0.29, 0.717) is 45.2 Å². The van der Waals surface area contributed by atoms with Crippen molar-refractivity contribution < 1.29 is 28.2 Å². The van der Waals surface area contributed by atoms with E-state index < -0.39 is 0 Å². The van der Waals surface area contributed by atoms with Crippen molar-refractivity contribution in [1.82, 2.24) is 0 Å². The SMILES string of the molecule is COc1ccc(C(=O)c2oc3ccc(NC(=O)c4c(OC)cccc4OC)cc3c2C)cc1. The maximum absolute atomic E-state index is 13.0. The van der Waals surface area contributed by atoms with Gasteiger partial charge in [0.05, 0.1) is 21.3 Å². The lowest BCUT2D eigenvalue weighted by atomic mass is 10.0. The van der Waals surface area contributed by atoms with Crippen LogP contribution in [0.25, 0.3) is 11.0 Å². The lowest BCUT2D eigenvalue weighted by molar-refractivity contribution is 0.100. The average molecular weight is 445 g/mol. The number of fused-ring (bicyclic) bond motifs is 1. The number of nitrogens with one attached hydrogen (secondary N) is 1. The zero-order chi connectivity index (χ0) is 23.5. The van der Waals surface area contributed by atoms with Gasteiger partial charge in [0.2, 0.25) is 5.78 Å². The van der Waals surface area contributed by atoms with E-state index in [2.05, 4.69) is 5.32 Å². The maximum atomic E-state index is 13.0. The number of hydrogen-bond acceptors (Lipinski definition) is 6. The largest absolute Gasteiger partial charge is 0.497 e. The summed E-state index contributed by atoms with van der Waals surface area (Å²) in [6, 6.07) is 17.2. The summed E-state index contributed by atoms with van der Waals surface area (Å²) < 4.78 is 21.6. The van der Waals surface area contributed by atoms with Crippen LogP contribution in [0.5, 0.6) is 17.2 Å². The van der Waals surface area contributed by atoms with E-state index in [1.54, 1.807) is 67.8 Å². The van der Waals surface area contributed by atoms with Gasteiger partial charge in [-0.2, -0.15) is 0 Å². The summed E-state index contributed by atoms with van der Waals surface area (Å²) in [6.45, 7) is 1.82. The van der Waals surface area contributed by atoms with Gasteiger partial charge in [-0.3, -0.25) is 9.59 Å². The second-order valence-corrected chi connectivity index (χ2v) is 7.32. The molecule has 0 radical (unpaired) electrons. The van der Waals surface area contributed by atoms with Crippen molar-refractivity contribution >= 4 is 28.3 Å². The van der Waals surface area contributed by atoms with Crippen molar-refractivity contribution in [3.05, 3.63) is 83.1 Å². The molecular formula is C26H23NO6. The maximum Gasteiger partial charge on any atom is 0.263 e. The predicted octanol–water partition coefficient (Wildman–Crippen LogP) is 5.25. The number of anilines is 1. The summed E-state index contributed by atoms with van der Waals surface area (Å²) in [4.78, 5) is 26.0. The molecule has 0 saturated carbocycles. The first-order valence-electron chi connectivity index (χ1n) is 10.2. The predicted molar refractivity (Wildman–Crippen MR) is 125 cm³/mol. The number of methoxy groups -OCH3 is 3. The summed E-state index contributed by atoms with van der Waals surface area (Å²) >= 11 is 0. The molecule has 0 saturated heterocycles. The van der Waals surface area contributed by atoms with Crippen LogP contribution in [0.4, 0.5) is 5.69 Å². The van der Waals surface area contributed by atoms with E-state index in [1.165, 1.54) is 14.2 Å². The molecule has 1 amide bonds. The van der Waals surface area contributed by atoms with Crippen molar-refractivity contribution in [3.8, 4) is 17.2 Å². The zero-order valence-corrected chi connectivity index (χ0v) is 18.7. The highest BCUT2D eigenvalue weighted by molar-refractivity contribution is 6.12. The molecule has 0 aliphatic heterocycles. The Balaban J connectivity index is 1.65. The van der Waals surface area contributed by atoms with E-state index in [1.807, 2.05) is 6.92 Å². The summed E-state index contributed by atoms with van der Waals surface area (Å²) in [5, 5.41) is 3.60. The second kappa shape index (κ2) is 9.08. The van der Waals surface area contributed by atoms with Gasteiger partial charge in [-0.05, 0) is 61.5 Å². The molecule has 4 rings (SSSR count). The Morgan fingerprint density at radius 2 is 1.52 bits per heavy atom. The highest BCUT2D eigenvalue weighted by Crippen LogP contribution is 2.32. The van der Waals surface area contributed by atoms with E-state index in [9.17, 15) is 9.59 Å². The van der Waals surface area contributed by atoms with Crippen molar-refractivity contribution in [2.45, 2.75) is 6.92 Å². The van der Waals surface area contributed by atoms with Crippen molar-refractivity contribution in [1.29, 1.82) is 0 Å². The molecule has 4 aromatic rings. The smallest absolute Gasteiger partial charge is 0.263 e. The van der Waals surface area contributed by atoms with Crippen molar-refractivity contribution in [3.63, 3.8) is 0 Å². The van der Waals surface area contributed by atoms with Gasteiger partial charge in [0, 0.05) is 22.2 Å². The fourth-order valence-corrected chi connectivity index (χ4v) is 3.66. The third-order valence-corrected chi connectivity index (χ3v) is 5.41. The minimum Gasteiger partial charge on any atom is -0.497 e. The molecule has 0 atom stereocenters. The number of ether oxygens (including phenoxy) is 3. The molecule has 1 heterocycles. The molecule has 1 aromatic heterocycles. The van der Waals surface area contributed by atoms with Crippen LogP contribution < -0.4 is 19.5 Å². The second-order valence-electron chi connectivity index (χ2n) is 7.32.